The molecule has 1 aromatic rings. The summed E-state index contributed by atoms with van der Waals surface area (Å²) in [5, 5.41) is 14.4. The van der Waals surface area contributed by atoms with Gasteiger partial charge in [-0.1, -0.05) is 44.0 Å². The number of anilines is 1. The van der Waals surface area contributed by atoms with E-state index >= 15 is 0 Å². The van der Waals surface area contributed by atoms with Crippen molar-refractivity contribution in [2.45, 2.75) is 26.3 Å². The lowest BCUT2D eigenvalue weighted by atomic mass is 9.99. The number of hydrogen-bond donors (Lipinski definition) is 3. The average Bonchev–Trinajstić information content (AvgIpc) is 2.37. The Hall–Kier alpha value is -1.75. The van der Waals surface area contributed by atoms with E-state index < -0.39 is 18.0 Å². The average molecular weight is 285 g/mol. The maximum absolute atomic E-state index is 11.8. The van der Waals surface area contributed by atoms with Gasteiger partial charge in [-0.25, -0.2) is 9.59 Å². The molecule has 0 saturated heterocycles. The van der Waals surface area contributed by atoms with Crippen molar-refractivity contribution in [3.63, 3.8) is 0 Å². The van der Waals surface area contributed by atoms with Gasteiger partial charge < -0.3 is 15.7 Å². The fourth-order valence-electron chi connectivity index (χ4n) is 1.55. The van der Waals surface area contributed by atoms with E-state index in [1.807, 2.05) is 6.92 Å². The molecule has 5 nitrogen and oxygen atoms in total. The molecule has 0 heterocycles. The van der Waals surface area contributed by atoms with Crippen LogP contribution in [0.15, 0.2) is 24.3 Å². The number of nitrogens with one attached hydrogen (secondary N) is 2. The van der Waals surface area contributed by atoms with Crippen LogP contribution in [0.4, 0.5) is 10.5 Å². The van der Waals surface area contributed by atoms with Crippen LogP contribution in [0.5, 0.6) is 0 Å². The number of carbonyl (C=O) groups is 2. The Kier molecular flexibility index (Phi) is 5.63. The summed E-state index contributed by atoms with van der Waals surface area (Å²) in [4.78, 5) is 22.8. The zero-order valence-electron chi connectivity index (χ0n) is 10.8. The van der Waals surface area contributed by atoms with Crippen molar-refractivity contribution in [2.75, 3.05) is 5.32 Å². The standard InChI is InChI=1S/C13H17ClN2O3/c1-3-8(2)11(12(17)18)16-13(19)15-10-7-5-4-6-9(10)14/h4-8,11H,3H2,1-2H3,(H,17,18)(H2,15,16,19)/t8?,11-/m0/s1. The van der Waals surface area contributed by atoms with Gasteiger partial charge in [0.1, 0.15) is 6.04 Å². The molecule has 0 aliphatic rings. The highest BCUT2D eigenvalue weighted by molar-refractivity contribution is 6.33. The second kappa shape index (κ2) is 6.99. The number of halogens is 1. The van der Waals surface area contributed by atoms with E-state index in [2.05, 4.69) is 10.6 Å². The van der Waals surface area contributed by atoms with E-state index in [1.165, 1.54) is 0 Å². The van der Waals surface area contributed by atoms with E-state index in [4.69, 9.17) is 16.7 Å². The quantitative estimate of drug-likeness (QED) is 0.778. The molecule has 0 saturated carbocycles. The lowest BCUT2D eigenvalue weighted by Gasteiger charge is -2.20. The first-order valence-electron chi connectivity index (χ1n) is 6.00. The molecule has 0 aliphatic heterocycles. The minimum Gasteiger partial charge on any atom is -0.480 e. The summed E-state index contributed by atoms with van der Waals surface area (Å²) < 4.78 is 0. The molecule has 1 unspecified atom stereocenters. The topological polar surface area (TPSA) is 78.4 Å². The molecule has 1 aromatic carbocycles. The maximum atomic E-state index is 11.8. The molecule has 0 aromatic heterocycles. The van der Waals surface area contributed by atoms with Crippen LogP contribution >= 0.6 is 11.6 Å². The summed E-state index contributed by atoms with van der Waals surface area (Å²) in [6.07, 6.45) is 0.656. The van der Waals surface area contributed by atoms with Crippen LogP contribution in [0.2, 0.25) is 5.02 Å². The molecule has 3 N–H and O–H groups in total. The molecule has 2 amide bonds. The zero-order valence-corrected chi connectivity index (χ0v) is 11.6. The number of benzene rings is 1. The van der Waals surface area contributed by atoms with Crippen molar-refractivity contribution in [1.29, 1.82) is 0 Å². The number of urea groups is 1. The lowest BCUT2D eigenvalue weighted by molar-refractivity contribution is -0.140. The maximum Gasteiger partial charge on any atom is 0.326 e. The van der Waals surface area contributed by atoms with Crippen molar-refractivity contribution < 1.29 is 14.7 Å². The van der Waals surface area contributed by atoms with Gasteiger partial charge in [0.25, 0.3) is 0 Å². The van der Waals surface area contributed by atoms with Crippen molar-refractivity contribution in [3.8, 4) is 0 Å². The molecular formula is C13H17ClN2O3. The molecule has 0 radical (unpaired) electrons. The predicted octanol–water partition coefficient (Wildman–Crippen LogP) is 2.96. The highest BCUT2D eigenvalue weighted by Gasteiger charge is 2.25. The van der Waals surface area contributed by atoms with Crippen LogP contribution in [-0.2, 0) is 4.79 Å². The highest BCUT2D eigenvalue weighted by Crippen LogP contribution is 2.20. The predicted molar refractivity (Wildman–Crippen MR) is 74.5 cm³/mol. The van der Waals surface area contributed by atoms with Crippen LogP contribution in [0.3, 0.4) is 0 Å². The number of aliphatic carboxylic acids is 1. The number of hydrogen-bond acceptors (Lipinski definition) is 2. The third kappa shape index (κ3) is 4.44. The van der Waals surface area contributed by atoms with Crippen molar-refractivity contribution in [3.05, 3.63) is 29.3 Å². The normalized spacial score (nSPS) is 13.4. The fourth-order valence-corrected chi connectivity index (χ4v) is 1.73. The van der Waals surface area contributed by atoms with Gasteiger partial charge in [-0.05, 0) is 18.1 Å². The smallest absolute Gasteiger partial charge is 0.326 e. The summed E-state index contributed by atoms with van der Waals surface area (Å²) in [5.41, 5.74) is 0.440. The first-order valence-corrected chi connectivity index (χ1v) is 6.38. The van der Waals surface area contributed by atoms with E-state index in [1.54, 1.807) is 31.2 Å². The molecule has 0 spiro atoms. The number of para-hydroxylation sites is 1. The molecule has 0 aliphatic carbocycles. The summed E-state index contributed by atoms with van der Waals surface area (Å²) >= 11 is 5.90. The Morgan fingerprint density at radius 2 is 2.00 bits per heavy atom. The minimum absolute atomic E-state index is 0.158. The Bertz CT molecular complexity index is 465. The third-order valence-corrected chi connectivity index (χ3v) is 3.22. The van der Waals surface area contributed by atoms with E-state index in [0.717, 1.165) is 0 Å². The SMILES string of the molecule is CCC(C)[C@H](NC(=O)Nc1ccccc1Cl)C(=O)O. The molecule has 104 valence electrons. The number of carbonyl (C=O) groups excluding carboxylic acids is 1. The van der Waals surface area contributed by atoms with Crippen LogP contribution in [0.25, 0.3) is 0 Å². The molecule has 2 atom stereocenters. The summed E-state index contributed by atoms with van der Waals surface area (Å²) in [6.45, 7) is 3.64. The van der Waals surface area contributed by atoms with Crippen molar-refractivity contribution in [1.82, 2.24) is 5.32 Å². The summed E-state index contributed by atoms with van der Waals surface area (Å²) in [6, 6.07) is 5.24. The van der Waals surface area contributed by atoms with Crippen LogP contribution < -0.4 is 10.6 Å². The number of carboxylic acid groups (broad SMARTS) is 1. The minimum atomic E-state index is -1.05. The summed E-state index contributed by atoms with van der Waals surface area (Å²) in [7, 11) is 0. The van der Waals surface area contributed by atoms with Gasteiger partial charge in [0.2, 0.25) is 0 Å². The lowest BCUT2D eigenvalue weighted by Crippen LogP contribution is -2.46. The molecule has 19 heavy (non-hydrogen) atoms. The Morgan fingerprint density at radius 1 is 1.37 bits per heavy atom. The molecular weight excluding hydrogens is 268 g/mol. The first kappa shape index (κ1) is 15.3. The third-order valence-electron chi connectivity index (χ3n) is 2.89. The summed E-state index contributed by atoms with van der Waals surface area (Å²) in [5.74, 6) is -1.21. The Balaban J connectivity index is 2.68. The Labute approximate surface area is 117 Å². The van der Waals surface area contributed by atoms with Crippen LogP contribution in [0.1, 0.15) is 20.3 Å². The van der Waals surface area contributed by atoms with E-state index in [0.29, 0.717) is 17.1 Å². The van der Waals surface area contributed by atoms with Gasteiger partial charge in [0.05, 0.1) is 10.7 Å². The van der Waals surface area contributed by atoms with Gasteiger partial charge >= 0.3 is 12.0 Å². The number of carboxylic acids is 1. The van der Waals surface area contributed by atoms with Gasteiger partial charge in [0.15, 0.2) is 0 Å². The zero-order chi connectivity index (χ0) is 14.4. The second-order valence-corrected chi connectivity index (χ2v) is 4.69. The van der Waals surface area contributed by atoms with Gasteiger partial charge in [-0.15, -0.1) is 0 Å². The van der Waals surface area contributed by atoms with Crippen LogP contribution in [-0.4, -0.2) is 23.1 Å². The second-order valence-electron chi connectivity index (χ2n) is 4.28. The largest absolute Gasteiger partial charge is 0.480 e. The van der Waals surface area contributed by atoms with E-state index in [-0.39, 0.29) is 5.92 Å². The number of rotatable bonds is 5. The van der Waals surface area contributed by atoms with Crippen molar-refractivity contribution in [2.24, 2.45) is 5.92 Å². The molecule has 6 heteroatoms. The van der Waals surface area contributed by atoms with E-state index in [9.17, 15) is 9.59 Å². The molecule has 0 fully saturated rings. The fraction of sp³-hybridized carbons (Fsp3) is 0.385. The Morgan fingerprint density at radius 3 is 2.53 bits per heavy atom. The monoisotopic (exact) mass is 284 g/mol. The molecule has 0 bridgehead atoms. The highest BCUT2D eigenvalue weighted by atomic mass is 35.5. The van der Waals surface area contributed by atoms with Crippen LogP contribution in [0, 0.1) is 5.92 Å². The van der Waals surface area contributed by atoms with Gasteiger partial charge in [0, 0.05) is 0 Å². The van der Waals surface area contributed by atoms with Crippen molar-refractivity contribution >= 4 is 29.3 Å². The number of amides is 2. The van der Waals surface area contributed by atoms with Gasteiger partial charge in [-0.2, -0.15) is 0 Å². The first-order chi connectivity index (χ1) is 8.95. The molecule has 1 rings (SSSR count). The van der Waals surface area contributed by atoms with Gasteiger partial charge in [-0.3, -0.25) is 0 Å².